The third-order valence-electron chi connectivity index (χ3n) is 4.42. The van der Waals surface area contributed by atoms with Gasteiger partial charge in [-0.15, -0.1) is 12.4 Å². The van der Waals surface area contributed by atoms with Crippen LogP contribution in [0.3, 0.4) is 0 Å². The number of likely N-dealkylation sites (tertiary alicyclic amines) is 1. The molecule has 0 radical (unpaired) electrons. The zero-order valence-electron chi connectivity index (χ0n) is 12.7. The number of nitrogens with zero attached hydrogens (tertiary/aromatic N) is 3. The Kier molecular flexibility index (Phi) is 5.24. The van der Waals surface area contributed by atoms with Crippen LogP contribution >= 0.6 is 12.4 Å². The SMILES string of the molecule is CN(C)C1CCCN(C(=O)c2n[nH]c3c2CNCC3)C1.Cl. The van der Waals surface area contributed by atoms with Gasteiger partial charge in [-0.05, 0) is 26.9 Å². The molecule has 0 aromatic carbocycles. The number of fused-ring (bicyclic) bond motifs is 1. The van der Waals surface area contributed by atoms with E-state index in [1.54, 1.807) is 0 Å². The van der Waals surface area contributed by atoms with Gasteiger partial charge in [-0.3, -0.25) is 9.89 Å². The van der Waals surface area contributed by atoms with Gasteiger partial charge in [-0.25, -0.2) is 0 Å². The van der Waals surface area contributed by atoms with Crippen molar-refractivity contribution in [3.63, 3.8) is 0 Å². The first-order valence-corrected chi connectivity index (χ1v) is 7.39. The molecule has 2 N–H and O–H groups in total. The van der Waals surface area contributed by atoms with Gasteiger partial charge in [0.05, 0.1) is 0 Å². The Morgan fingerprint density at radius 1 is 1.43 bits per heavy atom. The topological polar surface area (TPSA) is 64.3 Å². The van der Waals surface area contributed by atoms with E-state index >= 15 is 0 Å². The number of rotatable bonds is 2. The molecular weight excluding hydrogens is 290 g/mol. The summed E-state index contributed by atoms with van der Waals surface area (Å²) >= 11 is 0. The number of amides is 1. The Balaban J connectivity index is 0.00000161. The summed E-state index contributed by atoms with van der Waals surface area (Å²) in [7, 11) is 4.16. The maximum absolute atomic E-state index is 12.7. The molecule has 1 fully saturated rings. The number of likely N-dealkylation sites (N-methyl/N-ethyl adjacent to an activating group) is 1. The molecule has 1 unspecified atom stereocenters. The first-order valence-electron chi connectivity index (χ1n) is 7.39. The first-order chi connectivity index (χ1) is 9.66. The average molecular weight is 314 g/mol. The van der Waals surface area contributed by atoms with Gasteiger partial charge in [-0.2, -0.15) is 5.10 Å². The van der Waals surface area contributed by atoms with E-state index in [9.17, 15) is 4.79 Å². The minimum absolute atomic E-state index is 0. The van der Waals surface area contributed by atoms with Crippen molar-refractivity contribution >= 4 is 18.3 Å². The van der Waals surface area contributed by atoms with Gasteiger partial charge in [-0.1, -0.05) is 0 Å². The molecule has 1 atom stereocenters. The second-order valence-corrected chi connectivity index (χ2v) is 5.97. The molecule has 0 aliphatic carbocycles. The van der Waals surface area contributed by atoms with E-state index in [0.29, 0.717) is 11.7 Å². The number of H-pyrrole nitrogens is 1. The molecule has 7 heteroatoms. The van der Waals surface area contributed by atoms with E-state index in [-0.39, 0.29) is 18.3 Å². The summed E-state index contributed by atoms with van der Waals surface area (Å²) in [6.07, 6.45) is 3.16. The number of carbonyl (C=O) groups is 1. The van der Waals surface area contributed by atoms with Gasteiger partial charge in [0.1, 0.15) is 0 Å². The van der Waals surface area contributed by atoms with Crippen LogP contribution in [0.2, 0.25) is 0 Å². The molecule has 3 rings (SSSR count). The second-order valence-electron chi connectivity index (χ2n) is 5.97. The van der Waals surface area contributed by atoms with Crippen LogP contribution in [0.15, 0.2) is 0 Å². The minimum atomic E-state index is 0. The summed E-state index contributed by atoms with van der Waals surface area (Å²) in [6.45, 7) is 3.35. The van der Waals surface area contributed by atoms with Crippen LogP contribution < -0.4 is 5.32 Å². The van der Waals surface area contributed by atoms with Crippen molar-refractivity contribution in [3.05, 3.63) is 17.0 Å². The molecule has 1 aromatic rings. The Morgan fingerprint density at radius 2 is 2.24 bits per heavy atom. The fourth-order valence-corrected chi connectivity index (χ4v) is 3.11. The molecular formula is C14H24ClN5O. The highest BCUT2D eigenvalue weighted by Gasteiger charge is 2.29. The smallest absolute Gasteiger partial charge is 0.274 e. The number of halogens is 1. The first kappa shape index (κ1) is 16.3. The lowest BCUT2D eigenvalue weighted by molar-refractivity contribution is 0.0628. The largest absolute Gasteiger partial charge is 0.336 e. The van der Waals surface area contributed by atoms with Crippen molar-refractivity contribution in [1.29, 1.82) is 0 Å². The number of carbonyl (C=O) groups excluding carboxylic acids is 1. The third kappa shape index (κ3) is 3.22. The summed E-state index contributed by atoms with van der Waals surface area (Å²) in [6, 6.07) is 0.459. The van der Waals surface area contributed by atoms with Gasteiger partial charge < -0.3 is 15.1 Å². The molecule has 2 aliphatic heterocycles. The Bertz CT molecular complexity index is 502. The summed E-state index contributed by atoms with van der Waals surface area (Å²) in [5, 5.41) is 10.6. The number of piperidine rings is 1. The quantitative estimate of drug-likeness (QED) is 0.841. The van der Waals surface area contributed by atoms with E-state index in [1.165, 1.54) is 0 Å². The fraction of sp³-hybridized carbons (Fsp3) is 0.714. The van der Waals surface area contributed by atoms with E-state index in [2.05, 4.69) is 34.5 Å². The highest BCUT2D eigenvalue weighted by molar-refractivity contribution is 5.94. The normalized spacial score (nSPS) is 21.9. The summed E-state index contributed by atoms with van der Waals surface area (Å²) in [5.41, 5.74) is 2.80. The van der Waals surface area contributed by atoms with Crippen LogP contribution in [0.1, 0.15) is 34.6 Å². The maximum atomic E-state index is 12.7. The number of nitrogens with one attached hydrogen (secondary N) is 2. The molecule has 0 bridgehead atoms. The van der Waals surface area contributed by atoms with Gasteiger partial charge in [0.15, 0.2) is 5.69 Å². The van der Waals surface area contributed by atoms with Gasteiger partial charge in [0.2, 0.25) is 0 Å². The third-order valence-corrected chi connectivity index (χ3v) is 4.42. The molecule has 0 saturated carbocycles. The van der Waals surface area contributed by atoms with Crippen molar-refractivity contribution in [2.75, 3.05) is 33.7 Å². The molecule has 1 amide bonds. The molecule has 21 heavy (non-hydrogen) atoms. The lowest BCUT2D eigenvalue weighted by atomic mass is 10.0. The van der Waals surface area contributed by atoms with Crippen LogP contribution in [0.4, 0.5) is 0 Å². The van der Waals surface area contributed by atoms with Crippen molar-refractivity contribution in [3.8, 4) is 0 Å². The highest BCUT2D eigenvalue weighted by Crippen LogP contribution is 2.20. The predicted molar refractivity (Wildman–Crippen MR) is 83.9 cm³/mol. The average Bonchev–Trinajstić information content (AvgIpc) is 2.90. The molecule has 1 saturated heterocycles. The van der Waals surface area contributed by atoms with E-state index in [1.807, 2.05) is 4.90 Å². The summed E-state index contributed by atoms with van der Waals surface area (Å²) < 4.78 is 0. The Labute approximate surface area is 131 Å². The number of aromatic amines is 1. The van der Waals surface area contributed by atoms with E-state index in [0.717, 1.165) is 56.7 Å². The Morgan fingerprint density at radius 3 is 3.00 bits per heavy atom. The van der Waals surface area contributed by atoms with Crippen LogP contribution in [0, 0.1) is 0 Å². The molecule has 6 nitrogen and oxygen atoms in total. The molecule has 2 aliphatic rings. The van der Waals surface area contributed by atoms with Gasteiger partial charge in [0, 0.05) is 49.9 Å². The zero-order valence-corrected chi connectivity index (χ0v) is 13.5. The molecule has 0 spiro atoms. The van der Waals surface area contributed by atoms with Crippen LogP contribution in [-0.4, -0.2) is 65.7 Å². The van der Waals surface area contributed by atoms with Crippen LogP contribution in [0.5, 0.6) is 0 Å². The van der Waals surface area contributed by atoms with E-state index < -0.39 is 0 Å². The lowest BCUT2D eigenvalue weighted by Gasteiger charge is -2.36. The van der Waals surface area contributed by atoms with Crippen molar-refractivity contribution in [2.45, 2.75) is 31.8 Å². The van der Waals surface area contributed by atoms with E-state index in [4.69, 9.17) is 0 Å². The second kappa shape index (κ2) is 6.77. The zero-order chi connectivity index (χ0) is 14.1. The van der Waals surface area contributed by atoms with Gasteiger partial charge in [0.25, 0.3) is 5.91 Å². The van der Waals surface area contributed by atoms with Crippen LogP contribution in [-0.2, 0) is 13.0 Å². The Hall–Kier alpha value is -1.11. The van der Waals surface area contributed by atoms with Crippen LogP contribution in [0.25, 0.3) is 0 Å². The highest BCUT2D eigenvalue weighted by atomic mass is 35.5. The number of hydrogen-bond acceptors (Lipinski definition) is 4. The number of aromatic nitrogens is 2. The fourth-order valence-electron chi connectivity index (χ4n) is 3.11. The minimum Gasteiger partial charge on any atom is -0.336 e. The molecule has 1 aromatic heterocycles. The lowest BCUT2D eigenvalue weighted by Crippen LogP contribution is -2.47. The summed E-state index contributed by atoms with van der Waals surface area (Å²) in [4.78, 5) is 16.9. The monoisotopic (exact) mass is 313 g/mol. The molecule has 3 heterocycles. The standard InChI is InChI=1S/C14H23N5O.ClH/c1-18(2)10-4-3-7-19(9-10)14(20)13-11-8-15-6-5-12(11)16-17-13;/h10,15H,3-9H2,1-2H3,(H,16,17);1H. The summed E-state index contributed by atoms with van der Waals surface area (Å²) in [5.74, 6) is 0.0813. The number of hydrogen-bond donors (Lipinski definition) is 2. The van der Waals surface area contributed by atoms with Crippen molar-refractivity contribution in [1.82, 2.24) is 25.3 Å². The maximum Gasteiger partial charge on any atom is 0.274 e. The molecule has 118 valence electrons. The van der Waals surface area contributed by atoms with Crippen molar-refractivity contribution in [2.24, 2.45) is 0 Å². The van der Waals surface area contributed by atoms with Crippen molar-refractivity contribution < 1.29 is 4.79 Å². The predicted octanol–water partition coefficient (Wildman–Crippen LogP) is 0.643. The van der Waals surface area contributed by atoms with Gasteiger partial charge >= 0.3 is 0 Å².